The molecule has 0 spiro atoms. The minimum Gasteiger partial charge on any atom is -0.378 e. The number of rotatable bonds is 7. The molecule has 0 bridgehead atoms. The highest BCUT2D eigenvalue weighted by atomic mass is 32.2. The van der Waals surface area contributed by atoms with Crippen LogP contribution in [-0.4, -0.2) is 28.6 Å². The monoisotopic (exact) mass is 367 g/mol. The van der Waals surface area contributed by atoms with Crippen LogP contribution in [0.15, 0.2) is 71.9 Å². The van der Waals surface area contributed by atoms with E-state index in [9.17, 15) is 9.90 Å². The predicted octanol–water partition coefficient (Wildman–Crippen LogP) is 3.07. The molecule has 0 aliphatic rings. The van der Waals surface area contributed by atoms with Crippen molar-refractivity contribution in [2.45, 2.75) is 24.0 Å². The summed E-state index contributed by atoms with van der Waals surface area (Å²) in [6, 6.07) is 17.1. The normalized spacial score (nSPS) is 13.3. The molecule has 1 heterocycles. The molecule has 0 aliphatic carbocycles. The van der Waals surface area contributed by atoms with E-state index >= 15 is 0 Å². The molecule has 2 atom stereocenters. The maximum absolute atomic E-state index is 12.1. The molecule has 1 amide bonds. The topological polar surface area (TPSA) is 74.2 Å². The van der Waals surface area contributed by atoms with Gasteiger partial charge >= 0.3 is 0 Å². The summed E-state index contributed by atoms with van der Waals surface area (Å²) in [5.41, 5.74) is 0.589. The number of pyridine rings is 1. The SMILES string of the molecule is C[C@H](CNC(=O)[C@@H](O)c1ccccc1)NSc1ccc2cnccc2c1. The molecule has 1 aromatic heterocycles. The van der Waals surface area contributed by atoms with Crippen LogP contribution < -0.4 is 10.0 Å². The van der Waals surface area contributed by atoms with Crippen LogP contribution >= 0.6 is 11.9 Å². The number of hydrogen-bond donors (Lipinski definition) is 3. The second kappa shape index (κ2) is 8.80. The lowest BCUT2D eigenvalue weighted by molar-refractivity contribution is -0.129. The van der Waals surface area contributed by atoms with Crippen molar-refractivity contribution in [3.63, 3.8) is 0 Å². The van der Waals surface area contributed by atoms with Gasteiger partial charge in [-0.25, -0.2) is 0 Å². The molecule has 0 fully saturated rings. The Labute approximate surface area is 157 Å². The number of carbonyl (C=O) groups is 1. The number of aliphatic hydroxyl groups excluding tert-OH is 1. The summed E-state index contributed by atoms with van der Waals surface area (Å²) < 4.78 is 3.30. The fourth-order valence-corrected chi connectivity index (χ4v) is 3.21. The quantitative estimate of drug-likeness (QED) is 0.560. The summed E-state index contributed by atoms with van der Waals surface area (Å²) in [4.78, 5) is 17.3. The molecule has 3 N–H and O–H groups in total. The van der Waals surface area contributed by atoms with E-state index < -0.39 is 12.0 Å². The molecule has 0 aliphatic heterocycles. The summed E-state index contributed by atoms with van der Waals surface area (Å²) in [5, 5.41) is 15.1. The minimum atomic E-state index is -1.15. The number of benzene rings is 2. The summed E-state index contributed by atoms with van der Waals surface area (Å²) in [6.07, 6.45) is 2.47. The third-order valence-electron chi connectivity index (χ3n) is 3.94. The third kappa shape index (κ3) is 4.82. The van der Waals surface area contributed by atoms with Crippen LogP contribution in [0.25, 0.3) is 10.8 Å². The van der Waals surface area contributed by atoms with E-state index in [4.69, 9.17) is 0 Å². The zero-order valence-corrected chi connectivity index (χ0v) is 15.2. The van der Waals surface area contributed by atoms with Crippen LogP contribution in [0.2, 0.25) is 0 Å². The lowest BCUT2D eigenvalue weighted by Crippen LogP contribution is -2.38. The summed E-state index contributed by atoms with van der Waals surface area (Å²) in [5.74, 6) is -0.395. The average Bonchev–Trinajstić information content (AvgIpc) is 2.70. The van der Waals surface area contributed by atoms with E-state index in [1.807, 2.05) is 37.4 Å². The number of hydrogen-bond acceptors (Lipinski definition) is 5. The Hall–Kier alpha value is -2.41. The zero-order valence-electron chi connectivity index (χ0n) is 14.4. The summed E-state index contributed by atoms with van der Waals surface area (Å²) in [6.45, 7) is 2.40. The first kappa shape index (κ1) is 18.4. The highest BCUT2D eigenvalue weighted by Gasteiger charge is 2.17. The van der Waals surface area contributed by atoms with Gasteiger partial charge in [-0.1, -0.05) is 36.4 Å². The molecule has 26 heavy (non-hydrogen) atoms. The van der Waals surface area contributed by atoms with Crippen molar-refractivity contribution in [3.05, 3.63) is 72.6 Å². The second-order valence-electron chi connectivity index (χ2n) is 6.06. The molecule has 2 aromatic carbocycles. The number of nitrogens with zero attached hydrogens (tertiary/aromatic N) is 1. The molecule has 0 radical (unpaired) electrons. The van der Waals surface area contributed by atoms with E-state index in [1.54, 1.807) is 30.5 Å². The largest absolute Gasteiger partial charge is 0.378 e. The van der Waals surface area contributed by atoms with Crippen molar-refractivity contribution in [2.24, 2.45) is 0 Å². The van der Waals surface area contributed by atoms with Crippen LogP contribution in [0.4, 0.5) is 0 Å². The molecule has 6 heteroatoms. The van der Waals surface area contributed by atoms with Crippen LogP contribution in [0.3, 0.4) is 0 Å². The number of aliphatic hydroxyl groups is 1. The Morgan fingerprint density at radius 3 is 2.77 bits per heavy atom. The lowest BCUT2D eigenvalue weighted by atomic mass is 10.1. The van der Waals surface area contributed by atoms with E-state index in [0.29, 0.717) is 12.1 Å². The Morgan fingerprint density at radius 1 is 1.15 bits per heavy atom. The minimum absolute atomic E-state index is 0.0417. The van der Waals surface area contributed by atoms with Crippen molar-refractivity contribution < 1.29 is 9.90 Å². The number of amides is 1. The molecule has 3 rings (SSSR count). The van der Waals surface area contributed by atoms with Crippen LogP contribution in [-0.2, 0) is 4.79 Å². The number of carbonyl (C=O) groups excluding carboxylic acids is 1. The third-order valence-corrected chi connectivity index (χ3v) is 4.95. The molecule has 0 saturated carbocycles. The zero-order chi connectivity index (χ0) is 18.4. The van der Waals surface area contributed by atoms with Crippen molar-refractivity contribution in [1.29, 1.82) is 0 Å². The smallest absolute Gasteiger partial charge is 0.253 e. The second-order valence-corrected chi connectivity index (χ2v) is 6.98. The van der Waals surface area contributed by atoms with Gasteiger partial charge in [0.25, 0.3) is 5.91 Å². The number of fused-ring (bicyclic) bond motifs is 1. The van der Waals surface area contributed by atoms with Crippen LogP contribution in [0.5, 0.6) is 0 Å². The highest BCUT2D eigenvalue weighted by Crippen LogP contribution is 2.21. The lowest BCUT2D eigenvalue weighted by Gasteiger charge is -2.16. The fourth-order valence-electron chi connectivity index (χ4n) is 2.47. The first-order chi connectivity index (χ1) is 12.6. The van der Waals surface area contributed by atoms with Gasteiger partial charge in [-0.05, 0) is 48.0 Å². The van der Waals surface area contributed by atoms with Gasteiger partial charge in [0.1, 0.15) is 0 Å². The standard InChI is InChI=1S/C20H21N3O2S/c1-14(12-22-20(25)19(24)15-5-3-2-4-6-15)23-26-18-8-7-17-13-21-10-9-16(17)11-18/h2-11,13-14,19,23-24H,12H2,1H3,(H,22,25)/t14-,19+/m1/s1. The number of nitrogens with one attached hydrogen (secondary N) is 2. The first-order valence-corrected chi connectivity index (χ1v) is 9.22. The highest BCUT2D eigenvalue weighted by molar-refractivity contribution is 7.97. The van der Waals surface area contributed by atoms with Crippen molar-refractivity contribution in [3.8, 4) is 0 Å². The Balaban J connectivity index is 1.47. The van der Waals surface area contributed by atoms with E-state index in [1.165, 1.54) is 11.9 Å². The molecule has 5 nitrogen and oxygen atoms in total. The van der Waals surface area contributed by atoms with E-state index in [0.717, 1.165) is 15.7 Å². The van der Waals surface area contributed by atoms with Gasteiger partial charge < -0.3 is 10.4 Å². The molecular formula is C20H21N3O2S. The van der Waals surface area contributed by atoms with Crippen LogP contribution in [0, 0.1) is 0 Å². The van der Waals surface area contributed by atoms with Gasteiger partial charge in [0, 0.05) is 35.3 Å². The van der Waals surface area contributed by atoms with Gasteiger partial charge in [0.15, 0.2) is 6.10 Å². The summed E-state index contributed by atoms with van der Waals surface area (Å²) >= 11 is 1.52. The van der Waals surface area contributed by atoms with Crippen molar-refractivity contribution in [2.75, 3.05) is 6.54 Å². The van der Waals surface area contributed by atoms with Gasteiger partial charge in [-0.2, -0.15) is 0 Å². The maximum Gasteiger partial charge on any atom is 0.253 e. The molecule has 0 unspecified atom stereocenters. The first-order valence-electron chi connectivity index (χ1n) is 8.40. The summed E-state index contributed by atoms with van der Waals surface area (Å²) in [7, 11) is 0. The molecule has 134 valence electrons. The molecular weight excluding hydrogens is 346 g/mol. The van der Waals surface area contributed by atoms with Crippen molar-refractivity contribution in [1.82, 2.24) is 15.0 Å². The van der Waals surface area contributed by atoms with E-state index in [2.05, 4.69) is 21.1 Å². The average molecular weight is 367 g/mol. The Morgan fingerprint density at radius 2 is 1.96 bits per heavy atom. The molecule has 3 aromatic rings. The predicted molar refractivity (Wildman–Crippen MR) is 105 cm³/mol. The van der Waals surface area contributed by atoms with Crippen LogP contribution in [0.1, 0.15) is 18.6 Å². The number of aromatic nitrogens is 1. The van der Waals surface area contributed by atoms with Crippen molar-refractivity contribution >= 4 is 28.6 Å². The van der Waals surface area contributed by atoms with Gasteiger partial charge in [-0.15, -0.1) is 0 Å². The molecule has 0 saturated heterocycles. The Bertz CT molecular complexity index is 873. The maximum atomic E-state index is 12.1. The fraction of sp³-hybridized carbons (Fsp3) is 0.200. The van der Waals surface area contributed by atoms with Gasteiger partial charge in [0.2, 0.25) is 0 Å². The van der Waals surface area contributed by atoms with E-state index in [-0.39, 0.29) is 6.04 Å². The van der Waals surface area contributed by atoms with Gasteiger partial charge in [0.05, 0.1) is 0 Å². The van der Waals surface area contributed by atoms with Gasteiger partial charge in [-0.3, -0.25) is 14.5 Å². The Kier molecular flexibility index (Phi) is 6.22.